The van der Waals surface area contributed by atoms with E-state index in [1.807, 2.05) is 13.2 Å². The lowest BCUT2D eigenvalue weighted by atomic mass is 10.2. The fourth-order valence-corrected chi connectivity index (χ4v) is 3.83. The fraction of sp³-hybridized carbons (Fsp3) is 0.733. The van der Waals surface area contributed by atoms with Crippen molar-refractivity contribution in [3.05, 3.63) is 16.1 Å². The zero-order chi connectivity index (χ0) is 14.8. The minimum absolute atomic E-state index is 0.504. The van der Waals surface area contributed by atoms with Crippen LogP contribution in [0.15, 0.2) is 11.2 Å². The Morgan fingerprint density at radius 2 is 2.33 bits per heavy atom. The summed E-state index contributed by atoms with van der Waals surface area (Å²) < 4.78 is 0. The molecular formula is C15H25N5S. The Bertz CT molecular complexity index is 508. The van der Waals surface area contributed by atoms with Gasteiger partial charge in [0.05, 0.1) is 6.54 Å². The van der Waals surface area contributed by atoms with Crippen molar-refractivity contribution < 1.29 is 0 Å². The molecule has 2 heterocycles. The minimum atomic E-state index is 0.504. The largest absolute Gasteiger partial charge is 0.352 e. The lowest BCUT2D eigenvalue weighted by Crippen LogP contribution is -2.44. The summed E-state index contributed by atoms with van der Waals surface area (Å²) in [6.07, 6.45) is 5.89. The maximum absolute atomic E-state index is 4.37. The monoisotopic (exact) mass is 307 g/mol. The highest BCUT2D eigenvalue weighted by atomic mass is 32.1. The number of nitrogens with one attached hydrogen (secondary N) is 2. The zero-order valence-electron chi connectivity index (χ0n) is 13.1. The Balaban J connectivity index is 1.48. The molecular weight excluding hydrogens is 282 g/mol. The highest BCUT2D eigenvalue weighted by molar-refractivity contribution is 7.11. The first-order valence-corrected chi connectivity index (χ1v) is 8.61. The van der Waals surface area contributed by atoms with Crippen molar-refractivity contribution in [2.75, 3.05) is 13.6 Å². The van der Waals surface area contributed by atoms with Gasteiger partial charge < -0.3 is 10.6 Å². The van der Waals surface area contributed by atoms with Crippen LogP contribution in [-0.2, 0) is 6.54 Å². The molecule has 1 saturated heterocycles. The zero-order valence-corrected chi connectivity index (χ0v) is 13.9. The van der Waals surface area contributed by atoms with Crippen LogP contribution in [0.25, 0.3) is 0 Å². The average Bonchev–Trinajstić information content (AvgIpc) is 3.12. The molecule has 2 unspecified atom stereocenters. The second kappa shape index (κ2) is 6.32. The van der Waals surface area contributed by atoms with E-state index in [4.69, 9.17) is 0 Å². The molecule has 0 spiro atoms. The van der Waals surface area contributed by atoms with E-state index in [0.717, 1.165) is 30.1 Å². The number of aromatic nitrogens is 1. The van der Waals surface area contributed by atoms with Gasteiger partial charge in [0.15, 0.2) is 5.96 Å². The molecule has 1 aromatic rings. The van der Waals surface area contributed by atoms with Gasteiger partial charge in [-0.25, -0.2) is 4.98 Å². The van der Waals surface area contributed by atoms with Gasteiger partial charge in [-0.1, -0.05) is 0 Å². The van der Waals surface area contributed by atoms with Gasteiger partial charge in [-0.15, -0.1) is 11.3 Å². The van der Waals surface area contributed by atoms with Gasteiger partial charge in [0.2, 0.25) is 0 Å². The number of aliphatic imine (C=N–C) groups is 1. The summed E-state index contributed by atoms with van der Waals surface area (Å²) in [7, 11) is 1.83. The summed E-state index contributed by atoms with van der Waals surface area (Å²) >= 11 is 1.73. The Kier molecular flexibility index (Phi) is 4.45. The average molecular weight is 307 g/mol. The van der Waals surface area contributed by atoms with Crippen LogP contribution in [-0.4, -0.2) is 47.6 Å². The Hall–Kier alpha value is -1.14. The summed E-state index contributed by atoms with van der Waals surface area (Å²) in [5, 5.41) is 8.03. The third kappa shape index (κ3) is 3.74. The van der Waals surface area contributed by atoms with E-state index in [-0.39, 0.29) is 0 Å². The van der Waals surface area contributed by atoms with Gasteiger partial charge in [-0.05, 0) is 33.1 Å². The molecule has 2 fully saturated rings. The quantitative estimate of drug-likeness (QED) is 0.657. The maximum Gasteiger partial charge on any atom is 0.191 e. The molecule has 116 valence electrons. The van der Waals surface area contributed by atoms with Crippen molar-refractivity contribution in [1.82, 2.24) is 20.5 Å². The smallest absolute Gasteiger partial charge is 0.191 e. The molecule has 0 amide bonds. The van der Waals surface area contributed by atoms with Crippen LogP contribution in [0.3, 0.4) is 0 Å². The van der Waals surface area contributed by atoms with Crippen molar-refractivity contribution in [3.63, 3.8) is 0 Å². The second-order valence-electron chi connectivity index (χ2n) is 6.14. The second-order valence-corrected chi connectivity index (χ2v) is 7.46. The van der Waals surface area contributed by atoms with E-state index in [1.54, 1.807) is 11.3 Å². The summed E-state index contributed by atoms with van der Waals surface area (Å²) in [5.74, 6) is 0.887. The Labute approximate surface area is 130 Å². The van der Waals surface area contributed by atoms with Gasteiger partial charge in [0.1, 0.15) is 5.01 Å². The van der Waals surface area contributed by atoms with E-state index in [0.29, 0.717) is 12.1 Å². The summed E-state index contributed by atoms with van der Waals surface area (Å²) in [6, 6.07) is 2.04. The predicted molar refractivity (Wildman–Crippen MR) is 87.8 cm³/mol. The fourth-order valence-electron chi connectivity index (χ4n) is 3.11. The maximum atomic E-state index is 4.37. The van der Waals surface area contributed by atoms with Crippen LogP contribution < -0.4 is 10.6 Å². The van der Waals surface area contributed by atoms with Crippen molar-refractivity contribution in [3.8, 4) is 0 Å². The molecule has 6 heteroatoms. The third-order valence-corrected chi connectivity index (χ3v) is 5.19. The number of thiazole rings is 1. The SMILES string of the molecule is CN=C(NCc1ncc(C)s1)NC1CC(C)N(C2CC2)C1. The molecule has 0 aromatic carbocycles. The molecule has 1 aliphatic heterocycles. The first-order valence-electron chi connectivity index (χ1n) is 7.80. The van der Waals surface area contributed by atoms with E-state index in [9.17, 15) is 0 Å². The third-order valence-electron chi connectivity index (χ3n) is 4.28. The number of nitrogens with zero attached hydrogens (tertiary/aromatic N) is 3. The van der Waals surface area contributed by atoms with Crippen LogP contribution in [0, 0.1) is 6.92 Å². The van der Waals surface area contributed by atoms with E-state index in [1.165, 1.54) is 24.1 Å². The minimum Gasteiger partial charge on any atom is -0.352 e. The number of rotatable bonds is 4. The molecule has 2 N–H and O–H groups in total. The van der Waals surface area contributed by atoms with Crippen LogP contribution in [0.2, 0.25) is 0 Å². The van der Waals surface area contributed by atoms with Gasteiger partial charge in [0.25, 0.3) is 0 Å². The Morgan fingerprint density at radius 3 is 2.95 bits per heavy atom. The lowest BCUT2D eigenvalue weighted by Gasteiger charge is -2.20. The van der Waals surface area contributed by atoms with Crippen LogP contribution in [0.5, 0.6) is 0 Å². The molecule has 2 aliphatic rings. The van der Waals surface area contributed by atoms with E-state index < -0.39 is 0 Å². The molecule has 3 rings (SSSR count). The van der Waals surface area contributed by atoms with Crippen LogP contribution in [0.4, 0.5) is 0 Å². The van der Waals surface area contributed by atoms with Crippen molar-refractivity contribution >= 4 is 17.3 Å². The molecule has 1 aromatic heterocycles. The molecule has 0 radical (unpaired) electrons. The normalized spacial score (nSPS) is 27.1. The van der Waals surface area contributed by atoms with Gasteiger partial charge >= 0.3 is 0 Å². The first-order chi connectivity index (χ1) is 10.2. The van der Waals surface area contributed by atoms with Gasteiger partial charge in [0, 0.05) is 42.8 Å². The van der Waals surface area contributed by atoms with E-state index in [2.05, 4.69) is 39.4 Å². The molecule has 5 nitrogen and oxygen atoms in total. The number of hydrogen-bond donors (Lipinski definition) is 2. The highest BCUT2D eigenvalue weighted by Gasteiger charge is 2.38. The van der Waals surface area contributed by atoms with Gasteiger partial charge in [-0.3, -0.25) is 9.89 Å². The molecule has 1 saturated carbocycles. The number of hydrogen-bond acceptors (Lipinski definition) is 4. The topological polar surface area (TPSA) is 52.6 Å². The van der Waals surface area contributed by atoms with Crippen LogP contribution >= 0.6 is 11.3 Å². The predicted octanol–water partition coefficient (Wildman–Crippen LogP) is 1.74. The Morgan fingerprint density at radius 1 is 1.52 bits per heavy atom. The molecule has 1 aliphatic carbocycles. The molecule has 2 atom stereocenters. The van der Waals surface area contributed by atoms with E-state index >= 15 is 0 Å². The summed E-state index contributed by atoms with van der Waals surface area (Å²) in [4.78, 5) is 12.6. The highest BCUT2D eigenvalue weighted by Crippen LogP contribution is 2.33. The van der Waals surface area contributed by atoms with Crippen LogP contribution in [0.1, 0.15) is 36.1 Å². The number of guanidine groups is 1. The summed E-state index contributed by atoms with van der Waals surface area (Å²) in [5.41, 5.74) is 0. The van der Waals surface area contributed by atoms with Crippen molar-refractivity contribution in [2.24, 2.45) is 4.99 Å². The van der Waals surface area contributed by atoms with Gasteiger partial charge in [-0.2, -0.15) is 0 Å². The first kappa shape index (κ1) is 14.8. The lowest BCUT2D eigenvalue weighted by molar-refractivity contribution is 0.256. The van der Waals surface area contributed by atoms with Crippen molar-refractivity contribution in [2.45, 2.75) is 57.8 Å². The summed E-state index contributed by atoms with van der Waals surface area (Å²) in [6.45, 7) is 6.31. The number of likely N-dealkylation sites (tertiary alicyclic amines) is 1. The molecule has 0 bridgehead atoms. The standard InChI is InChI=1S/C15H25N5S/c1-10-6-12(9-20(10)13-4-5-13)19-15(16-3)18-8-14-17-7-11(2)21-14/h7,10,12-13H,4-6,8-9H2,1-3H3,(H2,16,18,19). The molecule has 21 heavy (non-hydrogen) atoms. The van der Waals surface area contributed by atoms with Crippen molar-refractivity contribution in [1.29, 1.82) is 0 Å². The number of aryl methyl sites for hydroxylation is 1.